The van der Waals surface area contributed by atoms with Gasteiger partial charge in [-0.05, 0) is 19.1 Å². The smallest absolute Gasteiger partial charge is 0.260 e. The Morgan fingerprint density at radius 1 is 1.18 bits per heavy atom. The molecule has 1 saturated heterocycles. The molecular formula is C24H24ClN7O2. The van der Waals surface area contributed by atoms with Crippen LogP contribution in [0, 0.1) is 6.92 Å². The summed E-state index contributed by atoms with van der Waals surface area (Å²) in [4.78, 5) is 31.2. The van der Waals surface area contributed by atoms with E-state index in [1.165, 1.54) is 0 Å². The standard InChI is InChI=1S/C24H24ClN7O2/c1-14-9-27-13-21(30-14)15-3-4-18(20(25)8-15)19-7-16-10-29-24(26-2)31-22(16)32(23(19)33)5-6-34-17-11-28-12-17/h3-4,7-10,13,17,28H,5-6,11-12H2,1-2H3,(H,26,29,31). The highest BCUT2D eigenvalue weighted by atomic mass is 35.5. The van der Waals surface area contributed by atoms with Gasteiger partial charge >= 0.3 is 0 Å². The number of aryl methyl sites for hydroxylation is 1. The summed E-state index contributed by atoms with van der Waals surface area (Å²) in [5.74, 6) is 0.444. The van der Waals surface area contributed by atoms with Crippen molar-refractivity contribution >= 4 is 28.6 Å². The molecule has 1 fully saturated rings. The molecule has 0 spiro atoms. The van der Waals surface area contributed by atoms with Gasteiger partial charge in [0.15, 0.2) is 0 Å². The van der Waals surface area contributed by atoms with Gasteiger partial charge in [-0.15, -0.1) is 0 Å². The van der Waals surface area contributed by atoms with Crippen molar-refractivity contribution in [3.63, 3.8) is 0 Å². The van der Waals surface area contributed by atoms with Crippen LogP contribution in [0.15, 0.2) is 47.7 Å². The minimum Gasteiger partial charge on any atom is -0.374 e. The molecule has 0 bridgehead atoms. The Labute approximate surface area is 201 Å². The number of pyridine rings is 1. The van der Waals surface area contributed by atoms with E-state index in [2.05, 4.69) is 30.6 Å². The molecule has 9 nitrogen and oxygen atoms in total. The zero-order valence-electron chi connectivity index (χ0n) is 18.9. The van der Waals surface area contributed by atoms with Crippen molar-refractivity contribution in [2.75, 3.05) is 32.1 Å². The maximum atomic E-state index is 13.6. The third-order valence-corrected chi connectivity index (χ3v) is 6.09. The first-order chi connectivity index (χ1) is 16.5. The maximum Gasteiger partial charge on any atom is 0.260 e. The number of halogens is 1. The average Bonchev–Trinajstić information content (AvgIpc) is 2.81. The van der Waals surface area contributed by atoms with Crippen LogP contribution in [0.4, 0.5) is 5.95 Å². The molecular weight excluding hydrogens is 454 g/mol. The van der Waals surface area contributed by atoms with Crippen LogP contribution in [0.1, 0.15) is 5.69 Å². The van der Waals surface area contributed by atoms with Gasteiger partial charge in [-0.25, -0.2) is 9.97 Å². The van der Waals surface area contributed by atoms with Crippen molar-refractivity contribution in [1.82, 2.24) is 29.8 Å². The molecule has 34 heavy (non-hydrogen) atoms. The molecule has 10 heteroatoms. The van der Waals surface area contributed by atoms with Gasteiger partial charge in [0.1, 0.15) is 5.65 Å². The number of nitrogens with zero attached hydrogens (tertiary/aromatic N) is 5. The number of rotatable bonds is 7. The molecule has 0 radical (unpaired) electrons. The molecule has 174 valence electrons. The van der Waals surface area contributed by atoms with E-state index in [0.29, 0.717) is 40.9 Å². The zero-order valence-corrected chi connectivity index (χ0v) is 19.6. The predicted molar refractivity (Wildman–Crippen MR) is 132 cm³/mol. The molecule has 0 atom stereocenters. The van der Waals surface area contributed by atoms with E-state index in [1.807, 2.05) is 25.1 Å². The van der Waals surface area contributed by atoms with Crippen molar-refractivity contribution in [1.29, 1.82) is 0 Å². The minimum atomic E-state index is -0.186. The van der Waals surface area contributed by atoms with Crippen LogP contribution in [0.25, 0.3) is 33.4 Å². The zero-order chi connectivity index (χ0) is 23.7. The molecule has 0 aliphatic carbocycles. The monoisotopic (exact) mass is 477 g/mol. The van der Waals surface area contributed by atoms with E-state index in [4.69, 9.17) is 16.3 Å². The second kappa shape index (κ2) is 9.46. The lowest BCUT2D eigenvalue weighted by Gasteiger charge is -2.27. The number of fused-ring (bicyclic) bond motifs is 1. The number of anilines is 1. The van der Waals surface area contributed by atoms with Gasteiger partial charge < -0.3 is 15.4 Å². The van der Waals surface area contributed by atoms with Gasteiger partial charge in [0.05, 0.1) is 36.8 Å². The molecule has 1 aromatic carbocycles. The van der Waals surface area contributed by atoms with Crippen LogP contribution in [0.2, 0.25) is 5.02 Å². The first kappa shape index (κ1) is 22.4. The second-order valence-electron chi connectivity index (χ2n) is 8.13. The number of nitrogens with one attached hydrogen (secondary N) is 2. The van der Waals surface area contributed by atoms with Gasteiger partial charge in [0.2, 0.25) is 5.95 Å². The fraction of sp³-hybridized carbons (Fsp3) is 0.292. The van der Waals surface area contributed by atoms with Gasteiger partial charge in [-0.1, -0.05) is 23.7 Å². The third-order valence-electron chi connectivity index (χ3n) is 5.77. The van der Waals surface area contributed by atoms with Crippen LogP contribution in [0.5, 0.6) is 0 Å². The van der Waals surface area contributed by atoms with Crippen LogP contribution in [-0.2, 0) is 11.3 Å². The summed E-state index contributed by atoms with van der Waals surface area (Å²) < 4.78 is 7.50. The van der Waals surface area contributed by atoms with Crippen molar-refractivity contribution < 1.29 is 4.74 Å². The lowest BCUT2D eigenvalue weighted by Crippen LogP contribution is -2.48. The molecule has 1 aliphatic rings. The van der Waals surface area contributed by atoms with Crippen molar-refractivity contribution in [2.45, 2.75) is 19.6 Å². The Kier molecular flexibility index (Phi) is 6.23. The average molecular weight is 478 g/mol. The summed E-state index contributed by atoms with van der Waals surface area (Å²) in [6.07, 6.45) is 5.27. The van der Waals surface area contributed by atoms with E-state index in [1.54, 1.807) is 36.3 Å². The molecule has 1 aliphatic heterocycles. The van der Waals surface area contributed by atoms with E-state index >= 15 is 0 Å². The van der Waals surface area contributed by atoms with E-state index in [0.717, 1.165) is 35.4 Å². The normalized spacial score (nSPS) is 13.7. The van der Waals surface area contributed by atoms with E-state index in [-0.39, 0.29) is 11.7 Å². The summed E-state index contributed by atoms with van der Waals surface area (Å²) >= 11 is 6.68. The fourth-order valence-electron chi connectivity index (χ4n) is 3.87. The quantitative estimate of drug-likeness (QED) is 0.418. The Hall–Kier alpha value is -3.40. The van der Waals surface area contributed by atoms with Crippen molar-refractivity contribution in [3.8, 4) is 22.4 Å². The maximum absolute atomic E-state index is 13.6. The largest absolute Gasteiger partial charge is 0.374 e. The first-order valence-electron chi connectivity index (χ1n) is 11.0. The number of aromatic nitrogens is 5. The summed E-state index contributed by atoms with van der Waals surface area (Å²) in [6, 6.07) is 7.33. The highest BCUT2D eigenvalue weighted by Crippen LogP contribution is 2.31. The number of benzene rings is 1. The van der Waals surface area contributed by atoms with Crippen molar-refractivity contribution in [3.05, 3.63) is 63.9 Å². The lowest BCUT2D eigenvalue weighted by molar-refractivity contribution is 0.0149. The molecule has 4 aromatic rings. The third kappa shape index (κ3) is 4.37. The number of hydrogen-bond acceptors (Lipinski definition) is 8. The Morgan fingerprint density at radius 3 is 2.74 bits per heavy atom. The molecule has 4 heterocycles. The molecule has 0 amide bonds. The SMILES string of the molecule is CNc1ncc2cc(-c3ccc(-c4cncc(C)n4)cc3Cl)c(=O)n(CCOC3CNC3)c2n1. The highest BCUT2D eigenvalue weighted by Gasteiger charge is 2.19. The van der Waals surface area contributed by atoms with Gasteiger partial charge in [-0.3, -0.25) is 14.3 Å². The van der Waals surface area contributed by atoms with Crippen LogP contribution in [0.3, 0.4) is 0 Å². The molecule has 5 rings (SSSR count). The predicted octanol–water partition coefficient (Wildman–Crippen LogP) is 2.91. The summed E-state index contributed by atoms with van der Waals surface area (Å²) in [6.45, 7) is 4.32. The van der Waals surface area contributed by atoms with Gasteiger partial charge in [0.25, 0.3) is 5.56 Å². The van der Waals surface area contributed by atoms with Gasteiger partial charge in [-0.2, -0.15) is 4.98 Å². The minimum absolute atomic E-state index is 0.180. The number of ether oxygens (including phenoxy) is 1. The van der Waals surface area contributed by atoms with Gasteiger partial charge in [0, 0.05) is 59.6 Å². The fourth-order valence-corrected chi connectivity index (χ4v) is 4.15. The topological polar surface area (TPSA) is 107 Å². The van der Waals surface area contributed by atoms with Crippen LogP contribution < -0.4 is 16.2 Å². The Bertz CT molecular complexity index is 1420. The van der Waals surface area contributed by atoms with E-state index < -0.39 is 0 Å². The second-order valence-corrected chi connectivity index (χ2v) is 8.54. The Balaban J connectivity index is 1.57. The molecule has 2 N–H and O–H groups in total. The summed E-state index contributed by atoms with van der Waals surface area (Å²) in [7, 11) is 1.74. The number of hydrogen-bond donors (Lipinski definition) is 2. The summed E-state index contributed by atoms with van der Waals surface area (Å²) in [5.41, 5.74) is 3.84. The van der Waals surface area contributed by atoms with Crippen LogP contribution in [-0.4, -0.2) is 57.4 Å². The van der Waals surface area contributed by atoms with Crippen LogP contribution >= 0.6 is 11.6 Å². The lowest BCUT2D eigenvalue weighted by atomic mass is 10.0. The molecule has 0 unspecified atom stereocenters. The highest BCUT2D eigenvalue weighted by molar-refractivity contribution is 6.33. The van der Waals surface area contributed by atoms with Crippen molar-refractivity contribution in [2.24, 2.45) is 0 Å². The molecule has 0 saturated carbocycles. The molecule has 3 aromatic heterocycles. The summed E-state index contributed by atoms with van der Waals surface area (Å²) in [5, 5.41) is 7.30. The van der Waals surface area contributed by atoms with E-state index in [9.17, 15) is 4.79 Å². The first-order valence-corrected chi connectivity index (χ1v) is 11.4. The Morgan fingerprint density at radius 2 is 2.03 bits per heavy atom.